The summed E-state index contributed by atoms with van der Waals surface area (Å²) in [6, 6.07) is 10.4. The van der Waals surface area contributed by atoms with Crippen LogP contribution >= 0.6 is 15.9 Å². The molecule has 0 spiro atoms. The fraction of sp³-hybridized carbons (Fsp3) is 0.692. The molecule has 2 aromatic carbocycles. The lowest BCUT2D eigenvalue weighted by molar-refractivity contribution is -0.145. The molecule has 1 fully saturated rings. The summed E-state index contributed by atoms with van der Waals surface area (Å²) >= 11 is 3.78. The number of amides is 1. The Kier molecular flexibility index (Phi) is 18.6. The van der Waals surface area contributed by atoms with Crippen LogP contribution in [0.15, 0.2) is 48.6 Å². The van der Waals surface area contributed by atoms with E-state index >= 15 is 0 Å². The zero-order chi connectivity index (χ0) is 57.1. The number of ether oxygens (including phenoxy) is 7. The zero-order valence-electron chi connectivity index (χ0n) is 51.4. The van der Waals surface area contributed by atoms with Crippen LogP contribution in [-0.2, 0) is 36.6 Å². The lowest BCUT2D eigenvalue weighted by Gasteiger charge is -2.26. The SMILES string of the molecule is [2H]C([2H])([2H])OCCCOc1cc(C[C@@H](C/C=C/C[C@H](C(=O)N(C)C)C(C)C)C(C)C)ccc1OC([2H])([2H])[2H].[2H]C([2H])([2H])OCCCOc1cc(C[C@@H](CC(Br)C2C[C@@H](C(C)C)C(=O)O2)C(C)C)ccc1OC([2H])([2H])[2H]. The molecular formula is C52H84BrNO9. The van der Waals surface area contributed by atoms with Crippen molar-refractivity contribution in [1.29, 1.82) is 0 Å². The summed E-state index contributed by atoms with van der Waals surface area (Å²) in [7, 11) is -6.63. The lowest BCUT2D eigenvalue weighted by atomic mass is 9.83. The van der Waals surface area contributed by atoms with Crippen LogP contribution in [0, 0.1) is 47.3 Å². The number of hydrogen-bond donors (Lipinski definition) is 0. The highest BCUT2D eigenvalue weighted by Gasteiger charge is 2.40. The first-order chi connectivity index (χ1) is 34.6. The van der Waals surface area contributed by atoms with E-state index < -0.39 is 28.2 Å². The van der Waals surface area contributed by atoms with Gasteiger partial charge in [0.25, 0.3) is 0 Å². The first kappa shape index (κ1) is 38.9. The minimum absolute atomic E-state index is 0.00871. The number of benzene rings is 2. The highest BCUT2D eigenvalue weighted by molar-refractivity contribution is 9.09. The summed E-state index contributed by atoms with van der Waals surface area (Å²) in [5.41, 5.74) is 1.93. The maximum atomic E-state index is 12.5. The van der Waals surface area contributed by atoms with Crippen molar-refractivity contribution < 1.29 is 59.2 Å². The average molecular weight is 959 g/mol. The number of alkyl halides is 1. The molecular weight excluding hydrogens is 862 g/mol. The molecule has 0 saturated carbocycles. The van der Waals surface area contributed by atoms with Gasteiger partial charge in [0.05, 0.1) is 54.5 Å². The van der Waals surface area contributed by atoms with E-state index in [1.54, 1.807) is 43.3 Å². The van der Waals surface area contributed by atoms with Crippen LogP contribution in [0.4, 0.5) is 0 Å². The van der Waals surface area contributed by atoms with Crippen molar-refractivity contribution in [3.8, 4) is 23.0 Å². The van der Waals surface area contributed by atoms with Gasteiger partial charge in [-0.3, -0.25) is 9.59 Å². The van der Waals surface area contributed by atoms with Crippen molar-refractivity contribution >= 4 is 27.8 Å². The average Bonchev–Trinajstić information content (AvgIpc) is 3.67. The third kappa shape index (κ3) is 19.8. The largest absolute Gasteiger partial charge is 0.493 e. The monoisotopic (exact) mass is 958 g/mol. The number of halogens is 1. The van der Waals surface area contributed by atoms with Gasteiger partial charge < -0.3 is 38.1 Å². The standard InChI is InChI=1S/C27H45NO4.C25H39BrO5/c1-20(2)23(12-9-10-13-24(21(3)4)27(29)28(5)6)18-22-14-15-25(31-8)26(19-22)32-17-11-16-30-7;1-16(2)19(14-21(26)23-15-20(17(3)4)25(27)31-23)12-18-8-9-22(29-6)24(13-18)30-11-7-10-28-5/h9-10,14-15,19-21,23-24H,11-13,16-18H2,1-8H3;8-9,13,16-17,19-21,23H,7,10-12,14-15H2,1-6H3/b10-9+;/t23-,24+;19-,20-,21?,23?/m10/s1/i7D3,8D3;5D3,6D3. The van der Waals surface area contributed by atoms with Crippen LogP contribution in [0.25, 0.3) is 0 Å². The van der Waals surface area contributed by atoms with Gasteiger partial charge in [-0.15, -0.1) is 0 Å². The number of nitrogens with zero attached hydrogens (tertiary/aromatic N) is 1. The highest BCUT2D eigenvalue weighted by Crippen LogP contribution is 2.37. The Morgan fingerprint density at radius 1 is 0.746 bits per heavy atom. The molecule has 358 valence electrons. The van der Waals surface area contributed by atoms with E-state index in [0.717, 1.165) is 30.4 Å². The van der Waals surface area contributed by atoms with Crippen molar-refractivity contribution in [2.24, 2.45) is 47.3 Å². The maximum Gasteiger partial charge on any atom is 0.309 e. The highest BCUT2D eigenvalue weighted by atomic mass is 79.9. The Morgan fingerprint density at radius 3 is 1.71 bits per heavy atom. The summed E-state index contributed by atoms with van der Waals surface area (Å²) < 4.78 is 124. The smallest absolute Gasteiger partial charge is 0.309 e. The van der Waals surface area contributed by atoms with Gasteiger partial charge in [-0.2, -0.15) is 0 Å². The third-order valence-electron chi connectivity index (χ3n) is 11.8. The Morgan fingerprint density at radius 2 is 1.27 bits per heavy atom. The molecule has 0 aromatic heterocycles. The number of methoxy groups -OCH3 is 4. The zero-order valence-corrected chi connectivity index (χ0v) is 41.0. The van der Waals surface area contributed by atoms with E-state index in [1.165, 1.54) is 0 Å². The van der Waals surface area contributed by atoms with E-state index in [4.69, 9.17) is 49.6 Å². The van der Waals surface area contributed by atoms with Gasteiger partial charge in [0.1, 0.15) is 6.10 Å². The van der Waals surface area contributed by atoms with Gasteiger partial charge in [-0.05, 0) is 109 Å². The Labute approximate surface area is 407 Å². The summed E-state index contributed by atoms with van der Waals surface area (Å²) in [5.74, 6) is 2.50. The van der Waals surface area contributed by atoms with E-state index in [9.17, 15) is 9.59 Å². The molecule has 10 nitrogen and oxygen atoms in total. The molecule has 1 saturated heterocycles. The van der Waals surface area contributed by atoms with Gasteiger partial charge in [0, 0.05) is 60.1 Å². The van der Waals surface area contributed by atoms with Crippen LogP contribution in [0.5, 0.6) is 23.0 Å². The van der Waals surface area contributed by atoms with Crippen LogP contribution in [-0.4, -0.2) is 96.4 Å². The molecule has 1 aliphatic rings. The van der Waals surface area contributed by atoms with Crippen molar-refractivity contribution in [3.63, 3.8) is 0 Å². The quantitative estimate of drug-likeness (QED) is 0.0357. The summed E-state index contributed by atoms with van der Waals surface area (Å²) in [5, 5.41) is 0. The molecule has 0 N–H and O–H groups in total. The molecule has 3 rings (SSSR count). The van der Waals surface area contributed by atoms with Crippen molar-refractivity contribution in [1.82, 2.24) is 4.90 Å². The van der Waals surface area contributed by atoms with Crippen LogP contribution in [0.1, 0.15) is 121 Å². The normalized spacial score (nSPS) is 20.7. The Bertz CT molecular complexity index is 2040. The summed E-state index contributed by atoms with van der Waals surface area (Å²) in [4.78, 5) is 26.4. The molecule has 0 radical (unpaired) electrons. The van der Waals surface area contributed by atoms with Gasteiger partial charge in [-0.1, -0.05) is 95.6 Å². The molecule has 2 unspecified atom stereocenters. The summed E-state index contributed by atoms with van der Waals surface area (Å²) in [6.45, 7) is 17.1. The van der Waals surface area contributed by atoms with Crippen molar-refractivity contribution in [3.05, 3.63) is 59.7 Å². The molecule has 6 atom stereocenters. The molecule has 1 heterocycles. The number of allylic oxidation sites excluding steroid dienone is 2. The fourth-order valence-electron chi connectivity index (χ4n) is 7.51. The van der Waals surface area contributed by atoms with Crippen LogP contribution in [0.2, 0.25) is 0 Å². The first-order valence-electron chi connectivity index (χ1n) is 28.4. The number of rotatable bonds is 28. The second-order valence-corrected chi connectivity index (χ2v) is 19.3. The van der Waals surface area contributed by atoms with Gasteiger partial charge >= 0.3 is 5.97 Å². The van der Waals surface area contributed by atoms with Crippen LogP contribution < -0.4 is 18.9 Å². The second-order valence-electron chi connectivity index (χ2n) is 18.1. The number of esters is 1. The molecule has 11 heteroatoms. The van der Waals surface area contributed by atoms with Gasteiger partial charge in [0.2, 0.25) is 5.91 Å². The molecule has 63 heavy (non-hydrogen) atoms. The van der Waals surface area contributed by atoms with E-state index in [1.807, 2.05) is 26.0 Å². The predicted octanol–water partition coefficient (Wildman–Crippen LogP) is 11.3. The second kappa shape index (κ2) is 30.0. The molecule has 0 aliphatic carbocycles. The predicted molar refractivity (Wildman–Crippen MR) is 260 cm³/mol. The van der Waals surface area contributed by atoms with Gasteiger partial charge in [0.15, 0.2) is 23.0 Å². The molecule has 2 aromatic rings. The lowest BCUT2D eigenvalue weighted by Crippen LogP contribution is -2.32. The van der Waals surface area contributed by atoms with E-state index in [-0.39, 0.29) is 96.1 Å². The number of cyclic esters (lactones) is 1. The number of carbonyl (C=O) groups excluding carboxylic acids is 2. The third-order valence-corrected chi connectivity index (χ3v) is 12.7. The minimum Gasteiger partial charge on any atom is -0.493 e. The van der Waals surface area contributed by atoms with E-state index in [2.05, 4.69) is 69.6 Å². The molecule has 1 aliphatic heterocycles. The first-order valence-corrected chi connectivity index (χ1v) is 23.3. The molecule has 1 amide bonds. The van der Waals surface area contributed by atoms with Crippen LogP contribution in [0.3, 0.4) is 0 Å². The Hall–Kier alpha value is -3.28. The van der Waals surface area contributed by atoms with E-state index in [0.29, 0.717) is 55.6 Å². The van der Waals surface area contributed by atoms with Crippen molar-refractivity contribution in [2.75, 3.05) is 68.7 Å². The minimum atomic E-state index is -2.64. The van der Waals surface area contributed by atoms with Crippen molar-refractivity contribution in [2.45, 2.75) is 118 Å². The Balaban J connectivity index is 0.000000514. The topological polar surface area (TPSA) is 102 Å². The summed E-state index contributed by atoms with van der Waals surface area (Å²) in [6.07, 6.45) is 9.24. The number of carbonyl (C=O) groups is 2. The fourth-order valence-corrected chi connectivity index (χ4v) is 8.31. The molecule has 0 bridgehead atoms. The maximum absolute atomic E-state index is 12.5. The number of hydrogen-bond acceptors (Lipinski definition) is 9. The van der Waals surface area contributed by atoms with Gasteiger partial charge in [-0.25, -0.2) is 0 Å².